The lowest BCUT2D eigenvalue weighted by Gasteiger charge is -2.19. The van der Waals surface area contributed by atoms with E-state index in [0.717, 1.165) is 5.56 Å². The largest absolute Gasteiger partial charge is 0.495 e. The van der Waals surface area contributed by atoms with Gasteiger partial charge in [0.2, 0.25) is 0 Å². The van der Waals surface area contributed by atoms with Crippen LogP contribution in [0, 0.1) is 6.92 Å². The summed E-state index contributed by atoms with van der Waals surface area (Å²) < 4.78 is 43.1. The molecule has 4 rings (SSSR count). The highest BCUT2D eigenvalue weighted by atomic mass is 32.2. The number of hydrogen-bond acceptors (Lipinski definition) is 6. The van der Waals surface area contributed by atoms with Gasteiger partial charge in [0, 0.05) is 12.7 Å². The first kappa shape index (κ1) is 24.8. The molecule has 0 aliphatic carbocycles. The number of nitrogens with zero attached hydrogens (tertiary/aromatic N) is 1. The van der Waals surface area contributed by atoms with Crippen LogP contribution in [0.25, 0.3) is 0 Å². The molecule has 0 saturated carbocycles. The summed E-state index contributed by atoms with van der Waals surface area (Å²) in [4.78, 5) is 14.9. The highest BCUT2D eigenvalue weighted by Gasteiger charge is 2.37. The molecular formula is C27H29NO6S. The number of sulfone groups is 1. The number of carbonyl (C=O) groups is 1. The number of carbonyl (C=O) groups excluding carboxylic acids is 1. The van der Waals surface area contributed by atoms with Gasteiger partial charge in [-0.05, 0) is 48.4 Å². The molecule has 7 nitrogen and oxygen atoms in total. The predicted octanol–water partition coefficient (Wildman–Crippen LogP) is 3.90. The first-order chi connectivity index (χ1) is 16.8. The average molecular weight is 496 g/mol. The van der Waals surface area contributed by atoms with Crippen molar-refractivity contribution >= 4 is 15.7 Å². The van der Waals surface area contributed by atoms with E-state index in [9.17, 15) is 13.2 Å². The van der Waals surface area contributed by atoms with E-state index in [1.54, 1.807) is 54.5 Å². The zero-order valence-electron chi connectivity index (χ0n) is 20.0. The van der Waals surface area contributed by atoms with E-state index in [1.165, 1.54) is 13.2 Å². The molecule has 0 spiro atoms. The number of hydrogen-bond donors (Lipinski definition) is 0. The summed E-state index contributed by atoms with van der Waals surface area (Å²) in [5.74, 6) is 0.580. The Morgan fingerprint density at radius 2 is 1.66 bits per heavy atom. The molecule has 3 aromatic rings. The van der Waals surface area contributed by atoms with Gasteiger partial charge >= 0.3 is 0 Å². The molecule has 8 heteroatoms. The molecule has 1 aliphatic rings. The fourth-order valence-electron chi connectivity index (χ4n) is 4.29. The average Bonchev–Trinajstić information content (AvgIpc) is 3.26. The zero-order valence-corrected chi connectivity index (χ0v) is 20.8. The van der Waals surface area contributed by atoms with Crippen molar-refractivity contribution in [2.24, 2.45) is 0 Å². The van der Waals surface area contributed by atoms with Gasteiger partial charge in [0.25, 0.3) is 5.91 Å². The Kier molecular flexibility index (Phi) is 7.42. The lowest BCUT2D eigenvalue weighted by atomic mass is 10.1. The Morgan fingerprint density at radius 3 is 2.40 bits per heavy atom. The van der Waals surface area contributed by atoms with Crippen LogP contribution < -0.4 is 9.47 Å². The van der Waals surface area contributed by atoms with Gasteiger partial charge in [0.05, 0.1) is 26.0 Å². The maximum absolute atomic E-state index is 13.1. The maximum Gasteiger partial charge on any atom is 0.254 e. The predicted molar refractivity (Wildman–Crippen MR) is 133 cm³/mol. The standard InChI is InChI=1S/C27H29NO6S/c1-19-9-4-5-12-22(19)27(29)28-16-24(33-3)25(17-28)34-21-11-8-10-20(15-21)18-35(30,31)26-14-7-6-13-23(26)32-2/h4-15,24-25H,16-18H2,1-3H3/t24-,25-/m1/s1. The Hall–Kier alpha value is -3.36. The van der Waals surface area contributed by atoms with Crippen molar-refractivity contribution in [1.82, 2.24) is 4.90 Å². The van der Waals surface area contributed by atoms with Crippen LogP contribution in [0.3, 0.4) is 0 Å². The lowest BCUT2D eigenvalue weighted by molar-refractivity contribution is 0.0339. The summed E-state index contributed by atoms with van der Waals surface area (Å²) in [5, 5.41) is 0. The van der Waals surface area contributed by atoms with E-state index >= 15 is 0 Å². The van der Waals surface area contributed by atoms with Crippen molar-refractivity contribution < 1.29 is 27.4 Å². The first-order valence-electron chi connectivity index (χ1n) is 11.3. The molecule has 3 aromatic carbocycles. The van der Waals surface area contributed by atoms with Crippen molar-refractivity contribution in [2.45, 2.75) is 29.8 Å². The molecule has 1 amide bonds. The highest BCUT2D eigenvalue weighted by Crippen LogP contribution is 2.28. The highest BCUT2D eigenvalue weighted by molar-refractivity contribution is 7.90. The molecule has 1 fully saturated rings. The van der Waals surface area contributed by atoms with E-state index in [4.69, 9.17) is 14.2 Å². The van der Waals surface area contributed by atoms with Crippen molar-refractivity contribution in [3.8, 4) is 11.5 Å². The van der Waals surface area contributed by atoms with E-state index in [1.807, 2.05) is 31.2 Å². The second kappa shape index (κ2) is 10.5. The number of ether oxygens (including phenoxy) is 3. The molecule has 35 heavy (non-hydrogen) atoms. The first-order valence-corrected chi connectivity index (χ1v) is 13.0. The van der Waals surface area contributed by atoms with Crippen LogP contribution in [0.5, 0.6) is 11.5 Å². The van der Waals surface area contributed by atoms with E-state index in [2.05, 4.69) is 0 Å². The molecule has 1 heterocycles. The van der Waals surface area contributed by atoms with Crippen LogP contribution in [-0.2, 0) is 20.3 Å². The summed E-state index contributed by atoms with van der Waals surface area (Å²) in [6.07, 6.45) is -0.682. The minimum atomic E-state index is -3.63. The molecule has 1 saturated heterocycles. The minimum Gasteiger partial charge on any atom is -0.495 e. The molecule has 0 aromatic heterocycles. The minimum absolute atomic E-state index is 0.0621. The van der Waals surface area contributed by atoms with Crippen LogP contribution >= 0.6 is 0 Å². The molecular weight excluding hydrogens is 466 g/mol. The smallest absolute Gasteiger partial charge is 0.254 e. The van der Waals surface area contributed by atoms with Gasteiger partial charge in [-0.1, -0.05) is 42.5 Å². The van der Waals surface area contributed by atoms with Crippen molar-refractivity contribution in [1.29, 1.82) is 0 Å². The Morgan fingerprint density at radius 1 is 0.943 bits per heavy atom. The zero-order chi connectivity index (χ0) is 25.0. The molecule has 0 N–H and O–H groups in total. The fraction of sp³-hybridized carbons (Fsp3) is 0.296. The van der Waals surface area contributed by atoms with Gasteiger partial charge in [0.1, 0.15) is 28.6 Å². The molecule has 0 bridgehead atoms. The number of aryl methyl sites for hydroxylation is 1. The quantitative estimate of drug-likeness (QED) is 0.472. The summed E-state index contributed by atoms with van der Waals surface area (Å²) in [7, 11) is -0.584. The van der Waals surface area contributed by atoms with Crippen molar-refractivity contribution in [3.05, 3.63) is 89.5 Å². The maximum atomic E-state index is 13.1. The summed E-state index contributed by atoms with van der Waals surface area (Å²) in [5.41, 5.74) is 2.17. The molecule has 0 radical (unpaired) electrons. The summed E-state index contributed by atoms with van der Waals surface area (Å²) >= 11 is 0. The normalized spacial score (nSPS) is 17.9. The second-order valence-electron chi connectivity index (χ2n) is 8.51. The van der Waals surface area contributed by atoms with Crippen LogP contribution in [0.15, 0.2) is 77.7 Å². The topological polar surface area (TPSA) is 82.1 Å². The SMILES string of the molecule is COc1ccccc1S(=O)(=O)Cc1cccc(O[C@@H]2CN(C(=O)c3ccccc3C)C[C@H]2OC)c1. The summed E-state index contributed by atoms with van der Waals surface area (Å²) in [6, 6.07) is 21.0. The monoisotopic (exact) mass is 495 g/mol. The molecule has 184 valence electrons. The van der Waals surface area contributed by atoms with Gasteiger partial charge < -0.3 is 19.1 Å². The molecule has 2 atom stereocenters. The van der Waals surface area contributed by atoms with Crippen LogP contribution in [0.2, 0.25) is 0 Å². The third-order valence-corrected chi connectivity index (χ3v) is 7.85. The van der Waals surface area contributed by atoms with Gasteiger partial charge in [-0.2, -0.15) is 0 Å². The van der Waals surface area contributed by atoms with Gasteiger partial charge in [-0.3, -0.25) is 4.79 Å². The number of likely N-dealkylation sites (tertiary alicyclic amines) is 1. The van der Waals surface area contributed by atoms with Crippen molar-refractivity contribution in [2.75, 3.05) is 27.3 Å². The van der Waals surface area contributed by atoms with Crippen LogP contribution in [0.4, 0.5) is 0 Å². The second-order valence-corrected chi connectivity index (χ2v) is 10.5. The van der Waals surface area contributed by atoms with Gasteiger partial charge in [-0.15, -0.1) is 0 Å². The van der Waals surface area contributed by atoms with Crippen LogP contribution in [0.1, 0.15) is 21.5 Å². The number of rotatable bonds is 8. The van der Waals surface area contributed by atoms with Crippen LogP contribution in [-0.4, -0.2) is 58.7 Å². The summed E-state index contributed by atoms with van der Waals surface area (Å²) in [6.45, 7) is 2.70. The number of para-hydroxylation sites is 1. The molecule has 1 aliphatic heterocycles. The third-order valence-electron chi connectivity index (χ3n) is 6.13. The Bertz CT molecular complexity index is 1310. The van der Waals surface area contributed by atoms with E-state index in [0.29, 0.717) is 35.7 Å². The number of amides is 1. The number of methoxy groups -OCH3 is 2. The fourth-order valence-corrected chi connectivity index (χ4v) is 5.81. The van der Waals surface area contributed by atoms with Crippen molar-refractivity contribution in [3.63, 3.8) is 0 Å². The third kappa shape index (κ3) is 5.49. The van der Waals surface area contributed by atoms with E-state index < -0.39 is 9.84 Å². The lowest BCUT2D eigenvalue weighted by Crippen LogP contribution is -2.32. The number of benzene rings is 3. The van der Waals surface area contributed by atoms with E-state index in [-0.39, 0.29) is 28.8 Å². The van der Waals surface area contributed by atoms with Gasteiger partial charge in [0.15, 0.2) is 9.84 Å². The Labute approximate surface area is 206 Å². The Balaban J connectivity index is 1.49. The van der Waals surface area contributed by atoms with Gasteiger partial charge in [-0.25, -0.2) is 8.42 Å². The molecule has 0 unspecified atom stereocenters.